The van der Waals surface area contributed by atoms with Gasteiger partial charge in [0, 0.05) is 69.5 Å². The van der Waals surface area contributed by atoms with E-state index in [1.807, 2.05) is 0 Å². The number of carbonyl (C=O) groups is 2. The smallest absolute Gasteiger partial charge is 0.433 e. The summed E-state index contributed by atoms with van der Waals surface area (Å²) < 4.78 is 166. The van der Waals surface area contributed by atoms with Crippen LogP contribution in [0.5, 0.6) is 0 Å². The number of Topliss-reactive ketones (excluding diaryl/α,β-unsaturated/α-hetero) is 1. The minimum atomic E-state index is -4.56. The van der Waals surface area contributed by atoms with Gasteiger partial charge in [-0.25, -0.2) is 45.6 Å². The second-order valence-corrected chi connectivity index (χ2v) is 21.0. The summed E-state index contributed by atoms with van der Waals surface area (Å²) in [5, 5.41) is 9.47. The number of alkyl halides is 6. The molecule has 4 aromatic heterocycles. The molecule has 420 valence electrons. The van der Waals surface area contributed by atoms with Crippen molar-refractivity contribution < 1.29 is 76.1 Å². The summed E-state index contributed by atoms with van der Waals surface area (Å²) in [6.45, 7) is 0.0492. The fraction of sp³-hybridized carbons (Fsp3) is 0.347. The zero-order chi connectivity index (χ0) is 56.4. The zero-order valence-corrected chi connectivity index (χ0v) is 43.7. The van der Waals surface area contributed by atoms with E-state index in [2.05, 4.69) is 29.9 Å². The molecule has 2 atom stereocenters. The van der Waals surface area contributed by atoms with Crippen molar-refractivity contribution in [2.24, 2.45) is 5.73 Å². The molecule has 0 aliphatic carbocycles. The zero-order valence-electron chi connectivity index (χ0n) is 41.3. The topological polar surface area (TPSA) is 251 Å². The molecule has 78 heavy (non-hydrogen) atoms. The number of aromatic nitrogens is 6. The number of aryl methyl sites for hydroxylation is 1. The van der Waals surface area contributed by atoms with Crippen molar-refractivity contribution in [3.05, 3.63) is 144 Å². The van der Waals surface area contributed by atoms with Gasteiger partial charge in [-0.2, -0.15) is 35.0 Å². The quantitative estimate of drug-likeness (QED) is 0.0886. The maximum Gasteiger partial charge on any atom is 0.433 e. The number of aliphatic carboxylic acids is 1. The lowest BCUT2D eigenvalue weighted by Crippen LogP contribution is -2.56. The molecule has 2 fully saturated rings. The van der Waals surface area contributed by atoms with E-state index in [9.17, 15) is 66.7 Å². The van der Waals surface area contributed by atoms with Crippen LogP contribution in [0.4, 0.5) is 35.1 Å². The molecule has 29 heteroatoms. The third-order valence-electron chi connectivity index (χ3n) is 12.3. The van der Waals surface area contributed by atoms with Gasteiger partial charge in [0.15, 0.2) is 11.3 Å². The van der Waals surface area contributed by atoms with Gasteiger partial charge in [0.1, 0.15) is 41.2 Å². The summed E-state index contributed by atoms with van der Waals surface area (Å²) in [6, 6.07) is 16.2. The largest absolute Gasteiger partial charge is 0.480 e. The van der Waals surface area contributed by atoms with Gasteiger partial charge in [0.05, 0.1) is 40.1 Å². The van der Waals surface area contributed by atoms with E-state index in [1.165, 1.54) is 39.0 Å². The molecule has 0 spiro atoms. The Kier molecular flexibility index (Phi) is 20.7. The second-order valence-electron chi connectivity index (χ2n) is 17.3. The van der Waals surface area contributed by atoms with Gasteiger partial charge in [-0.1, -0.05) is 0 Å². The van der Waals surface area contributed by atoms with E-state index in [1.54, 1.807) is 12.1 Å². The van der Waals surface area contributed by atoms with Gasteiger partial charge in [0.25, 0.3) is 0 Å². The van der Waals surface area contributed by atoms with E-state index in [0.29, 0.717) is 46.7 Å². The highest BCUT2D eigenvalue weighted by Gasteiger charge is 2.54. The Morgan fingerprint density at radius 1 is 0.628 bits per heavy atom. The first-order valence-corrected chi connectivity index (χ1v) is 25.9. The maximum atomic E-state index is 13.6. The van der Waals surface area contributed by atoms with Gasteiger partial charge in [-0.05, 0) is 117 Å². The van der Waals surface area contributed by atoms with E-state index < -0.39 is 72.5 Å². The number of methoxy groups -OCH3 is 2. The molecule has 6 aromatic rings. The van der Waals surface area contributed by atoms with E-state index in [-0.39, 0.29) is 86.5 Å². The standard InChI is InChI=1S/C25H24F4N4O4S.C13H16FNO5S.C11H9F3N4.ClH/c1-37-15-24(11-2-12-33(24)38(35,36)20-7-4-18(26)5-8-20)23(34)10-6-19-13-21(32-16-31-19)17-3-9-22(30-14-17)25(27,28)29;1-20-9-13(12(16)17)7-2-8-15(13)21(18,19)11-5-3-10(14)4-6-11;12-11(13,14)10-2-1-7(5-16-10)9-3-8(4-15)17-6-18-9;/h3-5,7-9,13-14,16H,2,6,10-12,15H2,1H3;3-6H,2,7-9H2,1H3,(H,16,17);1-3,5-6H,4,15H2;1H/t24-;13-;;/m11../s1. The summed E-state index contributed by atoms with van der Waals surface area (Å²) >= 11 is 0. The molecule has 3 N–H and O–H groups in total. The molecule has 0 saturated carbocycles. The first-order valence-electron chi connectivity index (χ1n) is 23.0. The van der Waals surface area contributed by atoms with Crippen LogP contribution in [0.25, 0.3) is 22.5 Å². The minimum absolute atomic E-state index is 0. The van der Waals surface area contributed by atoms with Gasteiger partial charge >= 0.3 is 18.3 Å². The van der Waals surface area contributed by atoms with Crippen LogP contribution in [0.1, 0.15) is 54.9 Å². The Balaban J connectivity index is 0.000000236. The van der Waals surface area contributed by atoms with Crippen LogP contribution in [0.3, 0.4) is 0 Å². The average molecular weight is 1160 g/mol. The lowest BCUT2D eigenvalue weighted by molar-refractivity contribution is -0.150. The third-order valence-corrected chi connectivity index (χ3v) is 16.3. The number of nitrogens with zero attached hydrogens (tertiary/aromatic N) is 8. The molecule has 6 heterocycles. The van der Waals surface area contributed by atoms with Crippen LogP contribution < -0.4 is 5.73 Å². The fourth-order valence-electron chi connectivity index (χ4n) is 8.54. The van der Waals surface area contributed by atoms with E-state index in [0.717, 1.165) is 81.7 Å². The summed E-state index contributed by atoms with van der Waals surface area (Å²) in [6.07, 6.45) is -2.89. The number of ether oxygens (including phenoxy) is 2. The first kappa shape index (κ1) is 62.3. The van der Waals surface area contributed by atoms with Gasteiger partial charge < -0.3 is 20.3 Å². The average Bonchev–Trinajstić information content (AvgIpc) is 4.13. The number of nitrogens with two attached hydrogens (primary N) is 1. The number of pyridine rings is 2. The van der Waals surface area contributed by atoms with E-state index in [4.69, 9.17) is 15.2 Å². The first-order chi connectivity index (χ1) is 36.3. The van der Waals surface area contributed by atoms with Crippen molar-refractivity contribution in [1.29, 1.82) is 0 Å². The number of carboxylic acids is 1. The number of benzene rings is 2. The summed E-state index contributed by atoms with van der Waals surface area (Å²) in [5.41, 5.74) is 3.13. The molecule has 0 unspecified atom stereocenters. The molecular formula is C49H50ClF8N9O9S2. The second kappa shape index (κ2) is 26.0. The maximum absolute atomic E-state index is 13.6. The lowest BCUT2D eigenvalue weighted by atomic mass is 9.89. The number of halogens is 9. The molecule has 2 aliphatic heterocycles. The number of rotatable bonds is 16. The Morgan fingerprint density at radius 3 is 1.44 bits per heavy atom. The van der Waals surface area contributed by atoms with Crippen molar-refractivity contribution >= 4 is 44.2 Å². The third kappa shape index (κ3) is 14.4. The van der Waals surface area contributed by atoms with Crippen LogP contribution in [0.15, 0.2) is 120 Å². The van der Waals surface area contributed by atoms with Crippen molar-refractivity contribution in [2.45, 2.75) is 78.3 Å². The number of carboxylic acid groups (broad SMARTS) is 1. The predicted molar refractivity (Wildman–Crippen MR) is 265 cm³/mol. The minimum Gasteiger partial charge on any atom is -0.480 e. The Hall–Kier alpha value is -6.53. The fourth-order valence-corrected chi connectivity index (χ4v) is 12.1. The summed E-state index contributed by atoms with van der Waals surface area (Å²) in [7, 11) is -5.44. The monoisotopic (exact) mass is 1160 g/mol. The Morgan fingerprint density at radius 2 is 1.04 bits per heavy atom. The number of sulfonamides is 2. The SMILES string of the molecule is COC[C@@]1(C(=O)CCc2cc(-c3ccc(C(F)(F)F)nc3)ncn2)CCCN1S(=O)(=O)c1ccc(F)cc1.COC[C@@]1(C(=O)O)CCCN1S(=O)(=O)c1ccc(F)cc1.Cl.NCc1cc(-c2ccc(C(F)(F)F)nc2)ncn1. The highest BCUT2D eigenvalue weighted by molar-refractivity contribution is 7.89. The molecule has 0 amide bonds. The lowest BCUT2D eigenvalue weighted by Gasteiger charge is -2.35. The Bertz CT molecular complexity index is 3230. The summed E-state index contributed by atoms with van der Waals surface area (Å²) in [5.74, 6) is -2.75. The van der Waals surface area contributed by atoms with Gasteiger partial charge in [-0.3, -0.25) is 19.6 Å². The van der Waals surface area contributed by atoms with Crippen LogP contribution >= 0.6 is 12.4 Å². The van der Waals surface area contributed by atoms with Crippen LogP contribution in [-0.4, -0.2) is 124 Å². The molecule has 0 radical (unpaired) electrons. The molecule has 8 rings (SSSR count). The van der Waals surface area contributed by atoms with Crippen LogP contribution in [0, 0.1) is 11.6 Å². The molecule has 18 nitrogen and oxygen atoms in total. The highest BCUT2D eigenvalue weighted by Crippen LogP contribution is 2.38. The van der Waals surface area contributed by atoms with Crippen molar-refractivity contribution in [3.8, 4) is 22.5 Å². The number of hydrogen-bond acceptors (Lipinski definition) is 15. The van der Waals surface area contributed by atoms with Crippen LogP contribution in [0.2, 0.25) is 0 Å². The van der Waals surface area contributed by atoms with Crippen molar-refractivity contribution in [2.75, 3.05) is 40.5 Å². The summed E-state index contributed by atoms with van der Waals surface area (Å²) in [4.78, 5) is 47.8. The molecular weight excluding hydrogens is 1110 g/mol. The van der Waals surface area contributed by atoms with Crippen molar-refractivity contribution in [3.63, 3.8) is 0 Å². The highest BCUT2D eigenvalue weighted by atomic mass is 35.5. The number of ketones is 1. The van der Waals surface area contributed by atoms with Crippen molar-refractivity contribution in [1.82, 2.24) is 38.5 Å². The normalized spacial score (nSPS) is 18.0. The van der Waals surface area contributed by atoms with Gasteiger partial charge in [-0.15, -0.1) is 12.4 Å². The predicted octanol–water partition coefficient (Wildman–Crippen LogP) is 7.59. The molecule has 2 saturated heterocycles. The van der Waals surface area contributed by atoms with Gasteiger partial charge in [0.2, 0.25) is 20.0 Å². The Labute approximate surface area is 448 Å². The number of hydrogen-bond donors (Lipinski definition) is 2. The van der Waals surface area contributed by atoms with Crippen LogP contribution in [-0.2, 0) is 64.4 Å². The van der Waals surface area contributed by atoms with E-state index >= 15 is 0 Å². The number of carbonyl (C=O) groups excluding carboxylic acids is 1. The molecule has 2 aliphatic rings. The molecule has 2 aromatic carbocycles. The molecule has 0 bridgehead atoms.